The van der Waals surface area contributed by atoms with Crippen molar-refractivity contribution in [1.29, 1.82) is 0 Å². The van der Waals surface area contributed by atoms with Gasteiger partial charge in [0.15, 0.2) is 5.11 Å². The van der Waals surface area contributed by atoms with Gasteiger partial charge in [0.2, 0.25) is 0 Å². The van der Waals surface area contributed by atoms with Gasteiger partial charge in [-0.3, -0.25) is 4.98 Å². The number of anilines is 1. The molecule has 0 spiro atoms. The van der Waals surface area contributed by atoms with E-state index >= 15 is 0 Å². The highest BCUT2D eigenvalue weighted by Gasteiger charge is 2.12. The van der Waals surface area contributed by atoms with Crippen molar-refractivity contribution in [3.05, 3.63) is 95.3 Å². The lowest BCUT2D eigenvalue weighted by molar-refractivity contribution is 0.412. The van der Waals surface area contributed by atoms with E-state index in [4.69, 9.17) is 12.2 Å². The first-order chi connectivity index (χ1) is 12.6. The molecule has 0 unspecified atom stereocenters. The number of aromatic nitrogens is 1. The van der Waals surface area contributed by atoms with Gasteiger partial charge in [0, 0.05) is 31.2 Å². The summed E-state index contributed by atoms with van der Waals surface area (Å²) in [6.07, 6.45) is 3.68. The molecule has 0 saturated carbocycles. The Hall–Kier alpha value is -2.72. The zero-order chi connectivity index (χ0) is 18.4. The maximum atomic E-state index is 5.74. The number of thiocarbonyl (C=S) groups is 1. The molecule has 1 aromatic heterocycles. The molecule has 3 aromatic rings. The molecule has 0 aliphatic heterocycles. The van der Waals surface area contributed by atoms with E-state index < -0.39 is 0 Å². The van der Waals surface area contributed by atoms with Crippen LogP contribution < -0.4 is 5.32 Å². The van der Waals surface area contributed by atoms with Crippen molar-refractivity contribution in [2.45, 2.75) is 26.9 Å². The van der Waals surface area contributed by atoms with Crippen LogP contribution in [-0.4, -0.2) is 15.0 Å². The monoisotopic (exact) mass is 361 g/mol. The molecule has 26 heavy (non-hydrogen) atoms. The first-order valence-electron chi connectivity index (χ1n) is 8.67. The highest BCUT2D eigenvalue weighted by Crippen LogP contribution is 2.16. The molecule has 0 aliphatic carbocycles. The molecule has 0 aliphatic rings. The average Bonchev–Trinajstić information content (AvgIpc) is 2.62. The van der Waals surface area contributed by atoms with Gasteiger partial charge in [0.05, 0.1) is 0 Å². The fourth-order valence-electron chi connectivity index (χ4n) is 2.96. The number of rotatable bonds is 5. The maximum absolute atomic E-state index is 5.74. The number of benzene rings is 2. The van der Waals surface area contributed by atoms with Gasteiger partial charge < -0.3 is 10.2 Å². The van der Waals surface area contributed by atoms with Gasteiger partial charge in [0.1, 0.15) is 0 Å². The molecule has 0 radical (unpaired) electrons. The average molecular weight is 362 g/mol. The van der Waals surface area contributed by atoms with Gasteiger partial charge in [0.25, 0.3) is 0 Å². The molecule has 0 bridgehead atoms. The van der Waals surface area contributed by atoms with E-state index in [1.54, 1.807) is 6.20 Å². The summed E-state index contributed by atoms with van der Waals surface area (Å²) in [5, 5.41) is 4.11. The van der Waals surface area contributed by atoms with E-state index in [0.717, 1.165) is 17.8 Å². The molecule has 1 heterocycles. The minimum absolute atomic E-state index is 0.708. The number of nitrogens with one attached hydrogen (secondary N) is 1. The van der Waals surface area contributed by atoms with Crippen molar-refractivity contribution in [3.63, 3.8) is 0 Å². The van der Waals surface area contributed by atoms with Crippen LogP contribution in [0.4, 0.5) is 5.69 Å². The Bertz CT molecular complexity index is 801. The first kappa shape index (κ1) is 18.1. The Morgan fingerprint density at radius 2 is 1.58 bits per heavy atom. The van der Waals surface area contributed by atoms with Gasteiger partial charge in [-0.15, -0.1) is 0 Å². The third-order valence-corrected chi connectivity index (χ3v) is 4.43. The van der Waals surface area contributed by atoms with Crippen molar-refractivity contribution < 1.29 is 0 Å². The Morgan fingerprint density at radius 1 is 0.923 bits per heavy atom. The van der Waals surface area contributed by atoms with Crippen molar-refractivity contribution in [1.82, 2.24) is 9.88 Å². The van der Waals surface area contributed by atoms with E-state index in [0.29, 0.717) is 11.7 Å². The van der Waals surface area contributed by atoms with Crippen LogP contribution in [0, 0.1) is 13.8 Å². The van der Waals surface area contributed by atoms with Crippen LogP contribution in [0.3, 0.4) is 0 Å². The van der Waals surface area contributed by atoms with Crippen molar-refractivity contribution in [2.75, 3.05) is 5.32 Å². The van der Waals surface area contributed by atoms with Gasteiger partial charge in [-0.2, -0.15) is 0 Å². The molecule has 0 saturated heterocycles. The van der Waals surface area contributed by atoms with Crippen molar-refractivity contribution in [2.24, 2.45) is 0 Å². The highest BCUT2D eigenvalue weighted by molar-refractivity contribution is 7.80. The predicted molar refractivity (Wildman–Crippen MR) is 112 cm³/mol. The second-order valence-electron chi connectivity index (χ2n) is 6.51. The lowest BCUT2D eigenvalue weighted by Crippen LogP contribution is -2.33. The van der Waals surface area contributed by atoms with E-state index in [9.17, 15) is 0 Å². The van der Waals surface area contributed by atoms with E-state index in [1.807, 2.05) is 18.3 Å². The minimum atomic E-state index is 0.708. The van der Waals surface area contributed by atoms with E-state index in [2.05, 4.69) is 77.6 Å². The molecule has 2 aromatic carbocycles. The SMILES string of the molecule is Cc1cc(C)cc(NC(=S)N(Cc2ccccc2)Cc2cccnc2)c1. The largest absolute Gasteiger partial charge is 0.340 e. The Balaban J connectivity index is 1.80. The molecule has 4 heteroatoms. The highest BCUT2D eigenvalue weighted by atomic mass is 32.1. The summed E-state index contributed by atoms with van der Waals surface area (Å²) in [4.78, 5) is 6.39. The number of aryl methyl sites for hydroxylation is 2. The van der Waals surface area contributed by atoms with Gasteiger partial charge in [-0.25, -0.2) is 0 Å². The van der Waals surface area contributed by atoms with Crippen LogP contribution in [0.25, 0.3) is 0 Å². The fraction of sp³-hybridized carbons (Fsp3) is 0.182. The lowest BCUT2D eigenvalue weighted by Gasteiger charge is -2.26. The Kier molecular flexibility index (Phi) is 5.97. The molecule has 3 nitrogen and oxygen atoms in total. The van der Waals surface area contributed by atoms with Crippen LogP contribution in [-0.2, 0) is 13.1 Å². The van der Waals surface area contributed by atoms with E-state index in [1.165, 1.54) is 16.7 Å². The molecule has 0 atom stereocenters. The quantitative estimate of drug-likeness (QED) is 0.640. The van der Waals surface area contributed by atoms with E-state index in [-0.39, 0.29) is 0 Å². The van der Waals surface area contributed by atoms with Gasteiger partial charge >= 0.3 is 0 Å². The Labute approximate surface area is 160 Å². The smallest absolute Gasteiger partial charge is 0.174 e. The molecule has 132 valence electrons. The van der Waals surface area contributed by atoms with Gasteiger partial charge in [-0.05, 0) is 66.5 Å². The third kappa shape index (κ3) is 5.14. The number of hydrogen-bond donors (Lipinski definition) is 1. The van der Waals surface area contributed by atoms with Crippen LogP contribution >= 0.6 is 12.2 Å². The normalized spacial score (nSPS) is 10.4. The molecule has 3 rings (SSSR count). The minimum Gasteiger partial charge on any atom is -0.340 e. The molecular formula is C22H23N3S. The zero-order valence-electron chi connectivity index (χ0n) is 15.1. The molecular weight excluding hydrogens is 338 g/mol. The van der Waals surface area contributed by atoms with Crippen LogP contribution in [0.1, 0.15) is 22.3 Å². The molecule has 0 amide bonds. The zero-order valence-corrected chi connectivity index (χ0v) is 16.0. The molecule has 0 fully saturated rings. The molecule has 1 N–H and O–H groups in total. The van der Waals surface area contributed by atoms with Crippen molar-refractivity contribution in [3.8, 4) is 0 Å². The summed E-state index contributed by atoms with van der Waals surface area (Å²) >= 11 is 5.74. The summed E-state index contributed by atoms with van der Waals surface area (Å²) in [5.41, 5.74) is 5.82. The van der Waals surface area contributed by atoms with Crippen LogP contribution in [0.15, 0.2) is 73.1 Å². The summed E-state index contributed by atoms with van der Waals surface area (Å²) in [7, 11) is 0. The first-order valence-corrected chi connectivity index (χ1v) is 9.08. The third-order valence-electron chi connectivity index (χ3n) is 4.07. The second-order valence-corrected chi connectivity index (χ2v) is 6.90. The Morgan fingerprint density at radius 3 is 2.23 bits per heavy atom. The summed E-state index contributed by atoms with van der Waals surface area (Å²) in [6.45, 7) is 5.64. The second kappa shape index (κ2) is 8.59. The standard InChI is InChI=1S/C22H23N3S/c1-17-11-18(2)13-21(12-17)24-22(26)25(15-19-7-4-3-5-8-19)16-20-9-6-10-23-14-20/h3-14H,15-16H2,1-2H3,(H,24,26). The van der Waals surface area contributed by atoms with Crippen molar-refractivity contribution >= 4 is 23.0 Å². The lowest BCUT2D eigenvalue weighted by atomic mass is 10.1. The predicted octanol–water partition coefficient (Wildman–Crippen LogP) is 5.10. The fourth-order valence-corrected chi connectivity index (χ4v) is 3.21. The van der Waals surface area contributed by atoms with Crippen LogP contribution in [0.2, 0.25) is 0 Å². The maximum Gasteiger partial charge on any atom is 0.174 e. The topological polar surface area (TPSA) is 28.2 Å². The number of pyridine rings is 1. The van der Waals surface area contributed by atoms with Crippen LogP contribution in [0.5, 0.6) is 0 Å². The van der Waals surface area contributed by atoms with Gasteiger partial charge in [-0.1, -0.05) is 42.5 Å². The summed E-state index contributed by atoms with van der Waals surface area (Å²) in [6, 6.07) is 20.8. The number of nitrogens with zero attached hydrogens (tertiary/aromatic N) is 2. The summed E-state index contributed by atoms with van der Waals surface area (Å²) in [5.74, 6) is 0. The summed E-state index contributed by atoms with van der Waals surface area (Å²) < 4.78 is 0. The number of hydrogen-bond acceptors (Lipinski definition) is 2.